The van der Waals surface area contributed by atoms with Gasteiger partial charge in [0, 0.05) is 11.5 Å². The average molecular weight is 282 g/mol. The minimum absolute atomic E-state index is 0.00995. The van der Waals surface area contributed by atoms with Crippen molar-refractivity contribution in [3.8, 4) is 0 Å². The van der Waals surface area contributed by atoms with E-state index in [2.05, 4.69) is 40.1 Å². The Morgan fingerprint density at radius 3 is 2.79 bits per heavy atom. The highest BCUT2D eigenvalue weighted by atomic mass is 32.1. The molecule has 2 atom stereocenters. The quantitative estimate of drug-likeness (QED) is 0.920. The van der Waals surface area contributed by atoms with Crippen molar-refractivity contribution in [2.24, 2.45) is 5.92 Å². The zero-order chi connectivity index (χ0) is 14.0. The van der Waals surface area contributed by atoms with E-state index in [0.717, 1.165) is 25.9 Å². The van der Waals surface area contributed by atoms with Crippen molar-refractivity contribution in [2.75, 3.05) is 13.7 Å². The summed E-state index contributed by atoms with van der Waals surface area (Å²) in [6.07, 6.45) is 3.39. The second kappa shape index (κ2) is 5.90. The molecular weight excluding hydrogens is 256 g/mol. The lowest BCUT2D eigenvalue weighted by Gasteiger charge is -2.41. The molecule has 1 N–H and O–H groups in total. The molecular formula is C15H26N2OS. The monoisotopic (exact) mass is 282 g/mol. The van der Waals surface area contributed by atoms with E-state index >= 15 is 0 Å². The smallest absolute Gasteiger partial charge is 0.113 e. The summed E-state index contributed by atoms with van der Waals surface area (Å²) in [5, 5.41) is 4.80. The van der Waals surface area contributed by atoms with Crippen LogP contribution in [-0.2, 0) is 16.7 Å². The van der Waals surface area contributed by atoms with E-state index in [1.54, 1.807) is 0 Å². The number of hydrogen-bond acceptors (Lipinski definition) is 4. The molecule has 1 aromatic rings. The summed E-state index contributed by atoms with van der Waals surface area (Å²) in [6.45, 7) is 9.66. The van der Waals surface area contributed by atoms with Crippen LogP contribution in [0.3, 0.4) is 0 Å². The van der Waals surface area contributed by atoms with E-state index in [-0.39, 0.29) is 5.54 Å². The fourth-order valence-electron chi connectivity index (χ4n) is 2.81. The number of aryl methyl sites for hydroxylation is 2. The van der Waals surface area contributed by atoms with E-state index in [1.165, 1.54) is 15.6 Å². The fraction of sp³-hybridized carbons (Fsp3) is 0.800. The molecule has 2 rings (SSSR count). The summed E-state index contributed by atoms with van der Waals surface area (Å²) in [6, 6.07) is 0. The Hall–Kier alpha value is -0.450. The van der Waals surface area contributed by atoms with Crippen molar-refractivity contribution >= 4 is 11.3 Å². The highest BCUT2D eigenvalue weighted by molar-refractivity contribution is 7.11. The maximum Gasteiger partial charge on any atom is 0.113 e. The molecule has 3 nitrogen and oxygen atoms in total. The molecule has 0 radical (unpaired) electrons. The molecule has 2 heterocycles. The normalized spacial score (nSPS) is 28.0. The molecule has 0 spiro atoms. The van der Waals surface area contributed by atoms with Crippen LogP contribution in [0.4, 0.5) is 0 Å². The highest BCUT2D eigenvalue weighted by Crippen LogP contribution is 2.39. The van der Waals surface area contributed by atoms with E-state index < -0.39 is 0 Å². The van der Waals surface area contributed by atoms with Crippen LogP contribution >= 0.6 is 11.3 Å². The number of nitrogens with zero attached hydrogens (tertiary/aromatic N) is 1. The van der Waals surface area contributed by atoms with Crippen LogP contribution in [-0.4, -0.2) is 24.7 Å². The molecule has 2 unspecified atom stereocenters. The molecule has 1 fully saturated rings. The molecule has 1 saturated heterocycles. The van der Waals surface area contributed by atoms with E-state index in [4.69, 9.17) is 9.72 Å². The predicted octanol–water partition coefficient (Wildman–Crippen LogP) is 3.26. The predicted molar refractivity (Wildman–Crippen MR) is 80.8 cm³/mol. The lowest BCUT2D eigenvalue weighted by atomic mass is 9.83. The van der Waals surface area contributed by atoms with Crippen molar-refractivity contribution in [3.05, 3.63) is 15.6 Å². The molecule has 0 aromatic carbocycles. The summed E-state index contributed by atoms with van der Waals surface area (Å²) in [4.78, 5) is 6.25. The Labute approximate surface area is 120 Å². The van der Waals surface area contributed by atoms with Crippen molar-refractivity contribution in [1.29, 1.82) is 0 Å². The van der Waals surface area contributed by atoms with Crippen LogP contribution in [0.5, 0.6) is 0 Å². The van der Waals surface area contributed by atoms with Gasteiger partial charge in [-0.25, -0.2) is 4.98 Å². The van der Waals surface area contributed by atoms with Gasteiger partial charge >= 0.3 is 0 Å². The third-order valence-electron chi connectivity index (χ3n) is 4.27. The van der Waals surface area contributed by atoms with Gasteiger partial charge in [0.1, 0.15) is 5.01 Å². The van der Waals surface area contributed by atoms with Crippen LogP contribution in [0.25, 0.3) is 0 Å². The van der Waals surface area contributed by atoms with Gasteiger partial charge in [-0.1, -0.05) is 20.8 Å². The molecule has 19 heavy (non-hydrogen) atoms. The summed E-state index contributed by atoms with van der Waals surface area (Å²) in [5.41, 5.74) is 1.26. The van der Waals surface area contributed by atoms with Gasteiger partial charge in [0.25, 0.3) is 0 Å². The van der Waals surface area contributed by atoms with Crippen LogP contribution in [0.15, 0.2) is 0 Å². The molecule has 108 valence electrons. The largest absolute Gasteiger partial charge is 0.378 e. The zero-order valence-electron chi connectivity index (χ0n) is 12.7. The average Bonchev–Trinajstić information content (AvgIpc) is 2.80. The summed E-state index contributed by atoms with van der Waals surface area (Å²) >= 11 is 1.85. The Bertz CT molecular complexity index is 430. The fourth-order valence-corrected chi connectivity index (χ4v) is 4.04. The maximum atomic E-state index is 5.92. The van der Waals surface area contributed by atoms with Crippen LogP contribution < -0.4 is 5.32 Å². The van der Waals surface area contributed by atoms with E-state index in [9.17, 15) is 0 Å². The first-order chi connectivity index (χ1) is 9.02. The minimum atomic E-state index is 0.00995. The molecule has 4 heteroatoms. The van der Waals surface area contributed by atoms with Crippen molar-refractivity contribution in [2.45, 2.75) is 58.6 Å². The molecule has 0 bridgehead atoms. The van der Waals surface area contributed by atoms with Gasteiger partial charge in [-0.2, -0.15) is 0 Å². The summed E-state index contributed by atoms with van der Waals surface area (Å²) in [7, 11) is 2.06. The van der Waals surface area contributed by atoms with Gasteiger partial charge in [0.05, 0.1) is 17.3 Å². The van der Waals surface area contributed by atoms with E-state index in [0.29, 0.717) is 12.0 Å². The first kappa shape index (κ1) is 14.9. The number of nitrogens with one attached hydrogen (secondary N) is 1. The number of thiazole rings is 1. The van der Waals surface area contributed by atoms with Gasteiger partial charge in [-0.3, -0.25) is 0 Å². The number of ether oxygens (including phenoxy) is 1. The van der Waals surface area contributed by atoms with E-state index in [1.807, 2.05) is 11.3 Å². The zero-order valence-corrected chi connectivity index (χ0v) is 13.6. The topological polar surface area (TPSA) is 34.2 Å². The van der Waals surface area contributed by atoms with Gasteiger partial charge in [-0.05, 0) is 39.2 Å². The molecule has 1 aliphatic heterocycles. The first-order valence-electron chi connectivity index (χ1n) is 7.29. The molecule has 0 saturated carbocycles. The SMILES string of the molecule is CCc1nc(C2(NC)CCOC(C(C)C)C2)sc1C. The number of rotatable bonds is 4. The van der Waals surface area contributed by atoms with Crippen molar-refractivity contribution < 1.29 is 4.74 Å². The Kier molecular flexibility index (Phi) is 4.64. The lowest BCUT2D eigenvalue weighted by Crippen LogP contribution is -2.49. The standard InChI is InChI=1S/C15H26N2OS/c1-6-12-11(4)19-14(17-12)15(16-5)7-8-18-13(9-15)10(2)3/h10,13,16H,6-9H2,1-5H3. The highest BCUT2D eigenvalue weighted by Gasteiger charge is 2.40. The molecule has 0 aliphatic carbocycles. The number of aromatic nitrogens is 1. The second-order valence-corrected chi connectivity index (χ2v) is 7.02. The van der Waals surface area contributed by atoms with Crippen molar-refractivity contribution in [1.82, 2.24) is 10.3 Å². The molecule has 1 aromatic heterocycles. The van der Waals surface area contributed by atoms with Gasteiger partial charge in [-0.15, -0.1) is 11.3 Å². The van der Waals surface area contributed by atoms with Crippen molar-refractivity contribution in [3.63, 3.8) is 0 Å². The van der Waals surface area contributed by atoms with Gasteiger partial charge in [0.2, 0.25) is 0 Å². The molecule has 1 aliphatic rings. The Morgan fingerprint density at radius 1 is 1.53 bits per heavy atom. The van der Waals surface area contributed by atoms with Crippen LogP contribution in [0.2, 0.25) is 0 Å². The van der Waals surface area contributed by atoms with Crippen LogP contribution in [0, 0.1) is 12.8 Å². The summed E-state index contributed by atoms with van der Waals surface area (Å²) in [5.74, 6) is 0.555. The first-order valence-corrected chi connectivity index (χ1v) is 8.11. The van der Waals surface area contributed by atoms with Gasteiger partial charge < -0.3 is 10.1 Å². The minimum Gasteiger partial charge on any atom is -0.378 e. The maximum absolute atomic E-state index is 5.92. The Morgan fingerprint density at radius 2 is 2.26 bits per heavy atom. The molecule has 0 amide bonds. The second-order valence-electron chi connectivity index (χ2n) is 5.81. The third-order valence-corrected chi connectivity index (χ3v) is 5.49. The van der Waals surface area contributed by atoms with Crippen LogP contribution in [0.1, 0.15) is 49.2 Å². The third kappa shape index (κ3) is 2.86. The Balaban J connectivity index is 2.30. The van der Waals surface area contributed by atoms with Gasteiger partial charge in [0.15, 0.2) is 0 Å². The lowest BCUT2D eigenvalue weighted by molar-refractivity contribution is -0.0517. The summed E-state index contributed by atoms with van der Waals surface area (Å²) < 4.78 is 5.92. The number of hydrogen-bond donors (Lipinski definition) is 1.